The van der Waals surface area contributed by atoms with Crippen molar-refractivity contribution in [3.05, 3.63) is 77.6 Å². The van der Waals surface area contributed by atoms with Crippen LogP contribution in [0.15, 0.2) is 65.8 Å². The van der Waals surface area contributed by atoms with Crippen LogP contribution in [-0.2, 0) is 6.54 Å². The van der Waals surface area contributed by atoms with Crippen molar-refractivity contribution in [3.63, 3.8) is 0 Å². The quantitative estimate of drug-likeness (QED) is 0.205. The maximum Gasteiger partial charge on any atom is 0.191 e. The highest BCUT2D eigenvalue weighted by Gasteiger charge is 2.10. The number of hydrogen-bond acceptors (Lipinski definition) is 4. The Kier molecular flexibility index (Phi) is 10.7. The number of benzene rings is 2. The first-order valence-electron chi connectivity index (χ1n) is 11.0. The molecule has 0 aliphatic heterocycles. The summed E-state index contributed by atoms with van der Waals surface area (Å²) in [5.41, 5.74) is 3.86. The maximum absolute atomic E-state index is 10.6. The molecule has 7 nitrogen and oxygen atoms in total. The first-order valence-corrected chi connectivity index (χ1v) is 11.0. The van der Waals surface area contributed by atoms with Crippen LogP contribution in [0.2, 0.25) is 0 Å². The van der Waals surface area contributed by atoms with E-state index in [4.69, 9.17) is 9.73 Å². The van der Waals surface area contributed by atoms with Gasteiger partial charge in [-0.25, -0.2) is 9.67 Å². The molecular weight excluding hydrogens is 529 g/mol. The number of para-hydroxylation sites is 1. The van der Waals surface area contributed by atoms with Gasteiger partial charge in [-0.05, 0) is 63.1 Å². The van der Waals surface area contributed by atoms with Crippen LogP contribution in [0, 0.1) is 6.92 Å². The van der Waals surface area contributed by atoms with Gasteiger partial charge in [0.15, 0.2) is 5.96 Å². The summed E-state index contributed by atoms with van der Waals surface area (Å²) in [6, 6.07) is 17.6. The highest BCUT2D eigenvalue weighted by molar-refractivity contribution is 14.0. The minimum absolute atomic E-state index is 0. The number of aliphatic hydroxyl groups is 1. The first-order chi connectivity index (χ1) is 15.5. The minimum Gasteiger partial charge on any atom is -0.491 e. The second-order valence-electron chi connectivity index (χ2n) is 7.86. The van der Waals surface area contributed by atoms with Gasteiger partial charge in [-0.2, -0.15) is 5.10 Å². The van der Waals surface area contributed by atoms with E-state index in [0.29, 0.717) is 19.0 Å². The number of aliphatic imine (C=N–C) groups is 1. The summed E-state index contributed by atoms with van der Waals surface area (Å²) in [6.07, 6.45) is 1.41. The second-order valence-corrected chi connectivity index (χ2v) is 7.86. The number of nitrogens with zero attached hydrogens (tertiary/aromatic N) is 3. The molecular formula is C25H34IN5O2. The predicted octanol–water partition coefficient (Wildman–Crippen LogP) is 4.37. The topological polar surface area (TPSA) is 83.7 Å². The summed E-state index contributed by atoms with van der Waals surface area (Å²) in [7, 11) is 0. The Labute approximate surface area is 213 Å². The molecule has 0 radical (unpaired) electrons. The molecule has 33 heavy (non-hydrogen) atoms. The molecule has 0 aliphatic rings. The Bertz CT molecular complexity index is 1020. The summed E-state index contributed by atoms with van der Waals surface area (Å²) in [5.74, 6) is 1.45. The number of ether oxygens (including phenoxy) is 1. The number of guanidine groups is 1. The molecule has 3 N–H and O–H groups in total. The predicted molar refractivity (Wildman–Crippen MR) is 144 cm³/mol. The Morgan fingerprint density at radius 1 is 1.09 bits per heavy atom. The molecule has 0 bridgehead atoms. The van der Waals surface area contributed by atoms with Crippen molar-refractivity contribution in [2.24, 2.45) is 4.99 Å². The lowest BCUT2D eigenvalue weighted by molar-refractivity contribution is 0.180. The van der Waals surface area contributed by atoms with Gasteiger partial charge in [0.1, 0.15) is 5.75 Å². The van der Waals surface area contributed by atoms with Crippen LogP contribution in [0.1, 0.15) is 43.7 Å². The van der Waals surface area contributed by atoms with Crippen LogP contribution in [0.3, 0.4) is 0 Å². The van der Waals surface area contributed by atoms with Crippen LogP contribution in [0.25, 0.3) is 5.69 Å². The summed E-state index contributed by atoms with van der Waals surface area (Å²) in [5, 5.41) is 21.6. The van der Waals surface area contributed by atoms with Crippen molar-refractivity contribution in [1.29, 1.82) is 0 Å². The molecule has 8 heteroatoms. The number of aryl methyl sites for hydroxylation is 1. The summed E-state index contributed by atoms with van der Waals surface area (Å²) >= 11 is 0. The highest BCUT2D eigenvalue weighted by Crippen LogP contribution is 2.19. The van der Waals surface area contributed by atoms with E-state index < -0.39 is 6.10 Å². The Morgan fingerprint density at radius 3 is 2.45 bits per heavy atom. The molecule has 0 spiro atoms. The molecule has 1 heterocycles. The maximum atomic E-state index is 10.6. The number of aromatic nitrogens is 2. The van der Waals surface area contributed by atoms with E-state index in [1.54, 1.807) is 0 Å². The lowest BCUT2D eigenvalue weighted by atomic mass is 10.1. The SMILES string of the molecule is CCNC(=NCc1ccccc1-n1ccc(C)n1)NCC(O)c1ccc(OC(C)C)cc1.I. The molecule has 0 aliphatic carbocycles. The third-order valence-corrected chi connectivity index (χ3v) is 4.81. The van der Waals surface area contributed by atoms with Gasteiger partial charge in [0.2, 0.25) is 0 Å². The van der Waals surface area contributed by atoms with E-state index in [1.807, 2.05) is 87.1 Å². The molecule has 178 valence electrons. The van der Waals surface area contributed by atoms with Gasteiger partial charge < -0.3 is 20.5 Å². The van der Waals surface area contributed by atoms with E-state index in [1.165, 1.54) is 0 Å². The number of nitrogens with one attached hydrogen (secondary N) is 2. The third kappa shape index (κ3) is 8.04. The minimum atomic E-state index is -0.661. The van der Waals surface area contributed by atoms with Crippen molar-refractivity contribution in [2.75, 3.05) is 13.1 Å². The second kappa shape index (κ2) is 13.2. The smallest absolute Gasteiger partial charge is 0.191 e. The van der Waals surface area contributed by atoms with Crippen LogP contribution >= 0.6 is 24.0 Å². The van der Waals surface area contributed by atoms with Gasteiger partial charge in [-0.15, -0.1) is 24.0 Å². The van der Waals surface area contributed by atoms with Crippen molar-refractivity contribution in [1.82, 2.24) is 20.4 Å². The van der Waals surface area contributed by atoms with E-state index in [0.717, 1.165) is 34.8 Å². The molecule has 0 fully saturated rings. The van der Waals surface area contributed by atoms with E-state index >= 15 is 0 Å². The fourth-order valence-electron chi connectivity index (χ4n) is 3.28. The highest BCUT2D eigenvalue weighted by atomic mass is 127. The van der Waals surface area contributed by atoms with Crippen LogP contribution < -0.4 is 15.4 Å². The van der Waals surface area contributed by atoms with Crippen LogP contribution in [-0.4, -0.2) is 40.0 Å². The largest absolute Gasteiger partial charge is 0.491 e. The Hall–Kier alpha value is -2.59. The van der Waals surface area contributed by atoms with Crippen molar-refractivity contribution < 1.29 is 9.84 Å². The van der Waals surface area contributed by atoms with Gasteiger partial charge in [0, 0.05) is 19.3 Å². The normalized spacial score (nSPS) is 12.2. The van der Waals surface area contributed by atoms with Gasteiger partial charge in [0.25, 0.3) is 0 Å². The average molecular weight is 563 g/mol. The fraction of sp³-hybridized carbons (Fsp3) is 0.360. The van der Waals surface area contributed by atoms with Gasteiger partial charge in [-0.1, -0.05) is 30.3 Å². The Balaban J connectivity index is 0.00000385. The van der Waals surface area contributed by atoms with Gasteiger partial charge >= 0.3 is 0 Å². The summed E-state index contributed by atoms with van der Waals surface area (Å²) < 4.78 is 7.54. The van der Waals surface area contributed by atoms with E-state index in [9.17, 15) is 5.11 Å². The molecule has 0 saturated heterocycles. The number of rotatable bonds is 9. The van der Waals surface area contributed by atoms with E-state index in [2.05, 4.69) is 21.8 Å². The fourth-order valence-corrected chi connectivity index (χ4v) is 3.28. The van der Waals surface area contributed by atoms with Crippen molar-refractivity contribution in [2.45, 2.75) is 46.4 Å². The number of aliphatic hydroxyl groups excluding tert-OH is 1. The van der Waals surface area contributed by atoms with Gasteiger partial charge in [0.05, 0.1) is 30.1 Å². The summed E-state index contributed by atoms with van der Waals surface area (Å²) in [4.78, 5) is 4.71. The molecule has 1 aromatic heterocycles. The molecule has 0 amide bonds. The lowest BCUT2D eigenvalue weighted by Gasteiger charge is -2.17. The van der Waals surface area contributed by atoms with Gasteiger partial charge in [-0.3, -0.25) is 0 Å². The zero-order valence-corrected chi connectivity index (χ0v) is 22.0. The summed E-state index contributed by atoms with van der Waals surface area (Å²) in [6.45, 7) is 9.52. The molecule has 1 unspecified atom stereocenters. The molecule has 3 aromatic rings. The average Bonchev–Trinajstić information content (AvgIpc) is 3.22. The first kappa shape index (κ1) is 26.7. The number of hydrogen-bond donors (Lipinski definition) is 3. The van der Waals surface area contributed by atoms with Crippen LogP contribution in [0.5, 0.6) is 5.75 Å². The molecule has 2 aromatic carbocycles. The third-order valence-electron chi connectivity index (χ3n) is 4.81. The molecule has 0 saturated carbocycles. The van der Waals surface area contributed by atoms with E-state index in [-0.39, 0.29) is 30.1 Å². The Morgan fingerprint density at radius 2 is 1.82 bits per heavy atom. The zero-order chi connectivity index (χ0) is 22.9. The monoisotopic (exact) mass is 563 g/mol. The zero-order valence-electron chi connectivity index (χ0n) is 19.7. The van der Waals surface area contributed by atoms with Crippen LogP contribution in [0.4, 0.5) is 0 Å². The lowest BCUT2D eigenvalue weighted by Crippen LogP contribution is -2.39. The molecule has 3 rings (SSSR count). The van der Waals surface area contributed by atoms with Crippen molar-refractivity contribution >= 4 is 29.9 Å². The molecule has 1 atom stereocenters. The van der Waals surface area contributed by atoms with Crippen molar-refractivity contribution in [3.8, 4) is 11.4 Å². The number of halogens is 1. The standard InChI is InChI=1S/C25H33N5O2.HI/c1-5-26-25(28-17-24(31)20-10-12-22(13-11-20)32-18(2)3)27-16-21-8-6-7-9-23(21)30-15-14-19(4)29-30;/h6-15,18,24,31H,5,16-17H2,1-4H3,(H2,26,27,28);1H.